The highest BCUT2D eigenvalue weighted by Gasteiger charge is 2.25. The van der Waals surface area contributed by atoms with Gasteiger partial charge in [0.1, 0.15) is 0 Å². The summed E-state index contributed by atoms with van der Waals surface area (Å²) >= 11 is 0.950. The van der Waals surface area contributed by atoms with Crippen LogP contribution in [-0.4, -0.2) is 39.9 Å². The van der Waals surface area contributed by atoms with E-state index in [1.54, 1.807) is 4.90 Å². The third kappa shape index (κ3) is 4.01. The van der Waals surface area contributed by atoms with Crippen molar-refractivity contribution in [3.63, 3.8) is 0 Å². The SMILES string of the molecule is O=C(O)CCC1CCN(C(=O)c2csc([N+](=O)[O-])c2)CC1. The number of hydrogen-bond donors (Lipinski definition) is 1. The fourth-order valence-corrected chi connectivity index (χ4v) is 3.17. The molecule has 21 heavy (non-hydrogen) atoms. The molecule has 1 aliphatic heterocycles. The number of piperidine rings is 1. The van der Waals surface area contributed by atoms with Gasteiger partial charge in [0.15, 0.2) is 0 Å². The van der Waals surface area contributed by atoms with Gasteiger partial charge >= 0.3 is 11.0 Å². The van der Waals surface area contributed by atoms with Gasteiger partial charge in [0, 0.05) is 31.0 Å². The summed E-state index contributed by atoms with van der Waals surface area (Å²) in [6.07, 6.45) is 2.37. The Hall–Kier alpha value is -1.96. The van der Waals surface area contributed by atoms with Crippen molar-refractivity contribution in [1.82, 2.24) is 4.90 Å². The van der Waals surface area contributed by atoms with Gasteiger partial charge in [-0.2, -0.15) is 0 Å². The lowest BCUT2D eigenvalue weighted by Crippen LogP contribution is -2.38. The summed E-state index contributed by atoms with van der Waals surface area (Å²) in [6.45, 7) is 1.15. The molecule has 0 aliphatic carbocycles. The van der Waals surface area contributed by atoms with Crippen molar-refractivity contribution in [2.45, 2.75) is 25.7 Å². The van der Waals surface area contributed by atoms with Crippen LogP contribution in [0.4, 0.5) is 5.00 Å². The van der Waals surface area contributed by atoms with Crippen LogP contribution in [0.15, 0.2) is 11.4 Å². The minimum Gasteiger partial charge on any atom is -0.481 e. The minimum atomic E-state index is -0.793. The van der Waals surface area contributed by atoms with Crippen LogP contribution in [0.25, 0.3) is 0 Å². The maximum Gasteiger partial charge on any atom is 0.324 e. The number of carboxylic acids is 1. The molecule has 0 saturated carbocycles. The van der Waals surface area contributed by atoms with Crippen LogP contribution in [0.3, 0.4) is 0 Å². The summed E-state index contributed by atoms with van der Waals surface area (Å²) in [4.78, 5) is 34.6. The average molecular weight is 312 g/mol. The lowest BCUT2D eigenvalue weighted by atomic mass is 9.92. The number of rotatable bonds is 5. The first kappa shape index (κ1) is 15.4. The number of carboxylic acid groups (broad SMARTS) is 1. The molecule has 1 aromatic heterocycles. The number of carbonyl (C=O) groups is 2. The van der Waals surface area contributed by atoms with Gasteiger partial charge in [-0.05, 0) is 25.2 Å². The van der Waals surface area contributed by atoms with E-state index in [0.29, 0.717) is 31.0 Å². The number of amides is 1. The molecule has 7 nitrogen and oxygen atoms in total. The Bertz CT molecular complexity index is 549. The van der Waals surface area contributed by atoms with Gasteiger partial charge in [-0.25, -0.2) is 0 Å². The Morgan fingerprint density at radius 3 is 2.62 bits per heavy atom. The van der Waals surface area contributed by atoms with Crippen LogP contribution in [0.5, 0.6) is 0 Å². The fourth-order valence-electron chi connectivity index (χ4n) is 2.47. The van der Waals surface area contributed by atoms with E-state index in [2.05, 4.69) is 0 Å². The van der Waals surface area contributed by atoms with Gasteiger partial charge < -0.3 is 10.0 Å². The molecule has 114 valence electrons. The van der Waals surface area contributed by atoms with E-state index in [1.165, 1.54) is 11.4 Å². The van der Waals surface area contributed by atoms with Crippen molar-refractivity contribution in [3.8, 4) is 0 Å². The van der Waals surface area contributed by atoms with Gasteiger partial charge in [-0.3, -0.25) is 19.7 Å². The van der Waals surface area contributed by atoms with E-state index in [4.69, 9.17) is 5.11 Å². The predicted octanol–water partition coefficient (Wildman–Crippen LogP) is 2.37. The molecule has 1 N–H and O–H groups in total. The molecular weight excluding hydrogens is 296 g/mol. The fraction of sp³-hybridized carbons (Fsp3) is 0.538. The van der Waals surface area contributed by atoms with E-state index in [9.17, 15) is 19.7 Å². The number of nitrogens with zero attached hydrogens (tertiary/aromatic N) is 2. The molecule has 1 aliphatic rings. The third-order valence-corrected chi connectivity index (χ3v) is 4.56. The molecule has 1 fully saturated rings. The predicted molar refractivity (Wildman–Crippen MR) is 76.5 cm³/mol. The first-order valence-electron chi connectivity index (χ1n) is 6.71. The molecule has 1 aromatic rings. The van der Waals surface area contributed by atoms with Crippen molar-refractivity contribution in [1.29, 1.82) is 0 Å². The van der Waals surface area contributed by atoms with Crippen molar-refractivity contribution >= 4 is 28.2 Å². The second kappa shape index (κ2) is 6.66. The quantitative estimate of drug-likeness (QED) is 0.664. The zero-order valence-electron chi connectivity index (χ0n) is 11.4. The van der Waals surface area contributed by atoms with Crippen LogP contribution in [0.1, 0.15) is 36.0 Å². The molecule has 0 atom stereocenters. The van der Waals surface area contributed by atoms with E-state index in [-0.39, 0.29) is 17.3 Å². The van der Waals surface area contributed by atoms with Crippen molar-refractivity contribution in [2.75, 3.05) is 13.1 Å². The molecule has 8 heteroatoms. The molecule has 1 amide bonds. The molecule has 0 spiro atoms. The van der Waals surface area contributed by atoms with E-state index in [0.717, 1.165) is 24.2 Å². The maximum absolute atomic E-state index is 12.2. The van der Waals surface area contributed by atoms with Gasteiger partial charge in [-0.1, -0.05) is 11.3 Å². The number of nitro groups is 1. The smallest absolute Gasteiger partial charge is 0.324 e. The number of thiophene rings is 1. The van der Waals surface area contributed by atoms with Gasteiger partial charge in [0.05, 0.1) is 10.5 Å². The van der Waals surface area contributed by atoms with Gasteiger partial charge in [0.2, 0.25) is 0 Å². The van der Waals surface area contributed by atoms with Crippen molar-refractivity contribution in [3.05, 3.63) is 27.1 Å². The number of hydrogen-bond acceptors (Lipinski definition) is 5. The lowest BCUT2D eigenvalue weighted by Gasteiger charge is -2.31. The molecule has 0 bridgehead atoms. The molecule has 1 saturated heterocycles. The monoisotopic (exact) mass is 312 g/mol. The molecule has 0 radical (unpaired) electrons. The lowest BCUT2D eigenvalue weighted by molar-refractivity contribution is -0.380. The first-order chi connectivity index (χ1) is 9.97. The summed E-state index contributed by atoms with van der Waals surface area (Å²) in [6, 6.07) is 1.31. The summed E-state index contributed by atoms with van der Waals surface area (Å²) < 4.78 is 0. The van der Waals surface area contributed by atoms with Crippen LogP contribution >= 0.6 is 11.3 Å². The Balaban J connectivity index is 1.87. The number of aliphatic carboxylic acids is 1. The zero-order chi connectivity index (χ0) is 15.4. The van der Waals surface area contributed by atoms with E-state index in [1.807, 2.05) is 0 Å². The van der Waals surface area contributed by atoms with Crippen LogP contribution in [0.2, 0.25) is 0 Å². The molecule has 2 heterocycles. The molecule has 0 aromatic carbocycles. The summed E-state index contributed by atoms with van der Waals surface area (Å²) in [5, 5.41) is 20.8. The van der Waals surface area contributed by atoms with E-state index >= 15 is 0 Å². The number of carbonyl (C=O) groups excluding carboxylic acids is 1. The summed E-state index contributed by atoms with van der Waals surface area (Å²) in [5.41, 5.74) is 0.357. The largest absolute Gasteiger partial charge is 0.481 e. The van der Waals surface area contributed by atoms with Crippen molar-refractivity contribution in [2.24, 2.45) is 5.92 Å². The molecular formula is C13H16N2O5S. The normalized spacial score (nSPS) is 15.9. The first-order valence-corrected chi connectivity index (χ1v) is 7.59. The zero-order valence-corrected chi connectivity index (χ0v) is 12.2. The Morgan fingerprint density at radius 2 is 2.10 bits per heavy atom. The highest BCUT2D eigenvalue weighted by Crippen LogP contribution is 2.26. The highest BCUT2D eigenvalue weighted by molar-refractivity contribution is 7.13. The highest BCUT2D eigenvalue weighted by atomic mass is 32.1. The summed E-state index contributed by atoms with van der Waals surface area (Å²) in [7, 11) is 0. The van der Waals surface area contributed by atoms with Gasteiger partial charge in [-0.15, -0.1) is 0 Å². The van der Waals surface area contributed by atoms with Gasteiger partial charge in [0.25, 0.3) is 5.91 Å². The Kier molecular flexibility index (Phi) is 4.89. The van der Waals surface area contributed by atoms with E-state index < -0.39 is 10.9 Å². The molecule has 2 rings (SSSR count). The van der Waals surface area contributed by atoms with Crippen LogP contribution in [-0.2, 0) is 4.79 Å². The number of likely N-dealkylation sites (tertiary alicyclic amines) is 1. The third-order valence-electron chi connectivity index (χ3n) is 3.68. The van der Waals surface area contributed by atoms with Crippen LogP contribution in [0, 0.1) is 16.0 Å². The second-order valence-corrected chi connectivity index (χ2v) is 5.99. The summed E-state index contributed by atoms with van der Waals surface area (Å²) in [5.74, 6) is -0.642. The Labute approximate surface area is 125 Å². The standard InChI is InChI=1S/C13H16N2O5S/c16-12(17)2-1-9-3-5-14(6-4-9)13(18)10-7-11(15(19)20)21-8-10/h7-9H,1-6H2,(H,16,17). The van der Waals surface area contributed by atoms with Crippen LogP contribution < -0.4 is 0 Å². The second-order valence-electron chi connectivity index (χ2n) is 5.10. The minimum absolute atomic E-state index is 0.0327. The average Bonchev–Trinajstić information content (AvgIpc) is 2.95. The maximum atomic E-state index is 12.2. The van der Waals surface area contributed by atoms with Crippen molar-refractivity contribution < 1.29 is 19.6 Å². The topological polar surface area (TPSA) is 101 Å². The molecule has 0 unspecified atom stereocenters. The Morgan fingerprint density at radius 1 is 1.43 bits per heavy atom.